The van der Waals surface area contributed by atoms with Crippen molar-refractivity contribution in [3.8, 4) is 0 Å². The van der Waals surface area contributed by atoms with E-state index in [4.69, 9.17) is 4.74 Å². The summed E-state index contributed by atoms with van der Waals surface area (Å²) < 4.78 is 6.97. The molecule has 1 fully saturated rings. The van der Waals surface area contributed by atoms with Gasteiger partial charge in [-0.05, 0) is 13.3 Å². The topological polar surface area (TPSA) is 84.3 Å². The highest BCUT2D eigenvalue weighted by molar-refractivity contribution is 4.98. The number of rotatable bonds is 2. The van der Waals surface area contributed by atoms with Crippen molar-refractivity contribution in [1.82, 2.24) is 9.55 Å². The number of aromatic amines is 1. The first-order valence-electron chi connectivity index (χ1n) is 6.07. The van der Waals surface area contributed by atoms with Gasteiger partial charge in [-0.25, -0.2) is 4.79 Å². The minimum atomic E-state index is -1.15. The molecule has 0 aromatic carbocycles. The van der Waals surface area contributed by atoms with Crippen LogP contribution in [0.3, 0.4) is 0 Å². The van der Waals surface area contributed by atoms with Gasteiger partial charge in [0, 0.05) is 18.2 Å². The number of hydrogen-bond donors (Lipinski definition) is 2. The lowest BCUT2D eigenvalue weighted by Gasteiger charge is -2.28. The molecule has 0 bridgehead atoms. The van der Waals surface area contributed by atoms with Gasteiger partial charge in [0.2, 0.25) is 0 Å². The van der Waals surface area contributed by atoms with Gasteiger partial charge in [-0.2, -0.15) is 0 Å². The lowest BCUT2D eigenvalue weighted by Crippen LogP contribution is -2.42. The Kier molecular flexibility index (Phi) is 3.16. The molecule has 0 radical (unpaired) electrons. The second-order valence-electron chi connectivity index (χ2n) is 4.97. The third kappa shape index (κ3) is 1.91. The smallest absolute Gasteiger partial charge is 0.330 e. The van der Waals surface area contributed by atoms with E-state index < -0.39 is 23.1 Å². The molecule has 2 N–H and O–H groups in total. The van der Waals surface area contributed by atoms with Crippen molar-refractivity contribution in [1.29, 1.82) is 0 Å². The highest BCUT2D eigenvalue weighted by atomic mass is 16.5. The molecular formula is C12H18N2O4. The quantitative estimate of drug-likeness (QED) is 0.791. The number of ether oxygens (including phenoxy) is 1. The summed E-state index contributed by atoms with van der Waals surface area (Å²) in [6, 6.07) is 1.24. The van der Waals surface area contributed by atoms with Gasteiger partial charge in [-0.3, -0.25) is 14.3 Å². The van der Waals surface area contributed by atoms with Crippen molar-refractivity contribution in [2.45, 2.75) is 45.1 Å². The maximum Gasteiger partial charge on any atom is 0.330 e. The summed E-state index contributed by atoms with van der Waals surface area (Å²) in [6.07, 6.45) is 1.22. The van der Waals surface area contributed by atoms with Crippen LogP contribution in [0.5, 0.6) is 0 Å². The highest BCUT2D eigenvalue weighted by Gasteiger charge is 2.50. The molecule has 0 aliphatic carbocycles. The molecule has 6 heteroatoms. The van der Waals surface area contributed by atoms with Gasteiger partial charge in [-0.15, -0.1) is 0 Å². The Morgan fingerprint density at radius 2 is 2.22 bits per heavy atom. The van der Waals surface area contributed by atoms with Crippen LogP contribution >= 0.6 is 0 Å². The maximum absolute atomic E-state index is 11.7. The fourth-order valence-corrected chi connectivity index (χ4v) is 2.43. The largest absolute Gasteiger partial charge is 0.385 e. The van der Waals surface area contributed by atoms with E-state index in [-0.39, 0.29) is 12.0 Å². The second kappa shape index (κ2) is 4.37. The van der Waals surface area contributed by atoms with Crippen molar-refractivity contribution in [3.63, 3.8) is 0 Å². The number of H-pyrrole nitrogens is 1. The second-order valence-corrected chi connectivity index (χ2v) is 4.97. The number of aliphatic hydroxyl groups is 1. The van der Waals surface area contributed by atoms with Crippen LogP contribution in [0.1, 0.15) is 33.4 Å². The molecule has 18 heavy (non-hydrogen) atoms. The summed E-state index contributed by atoms with van der Waals surface area (Å²) in [5, 5.41) is 10.5. The summed E-state index contributed by atoms with van der Waals surface area (Å²) in [7, 11) is 0. The number of nitrogens with one attached hydrogen (secondary N) is 1. The molecule has 0 spiro atoms. The molecule has 1 aromatic heterocycles. The molecule has 0 amide bonds. The van der Waals surface area contributed by atoms with Crippen molar-refractivity contribution in [2.75, 3.05) is 0 Å². The molecule has 2 rings (SSSR count). The number of nitrogens with zero attached hydrogens (tertiary/aromatic N) is 1. The van der Waals surface area contributed by atoms with Crippen LogP contribution in [-0.4, -0.2) is 26.4 Å². The zero-order chi connectivity index (χ0) is 13.5. The lowest BCUT2D eigenvalue weighted by molar-refractivity contribution is -0.0876. The average molecular weight is 254 g/mol. The molecule has 4 atom stereocenters. The van der Waals surface area contributed by atoms with Gasteiger partial charge in [0.1, 0.15) is 5.60 Å². The van der Waals surface area contributed by atoms with Crippen LogP contribution in [0.15, 0.2) is 21.9 Å². The van der Waals surface area contributed by atoms with E-state index in [1.807, 2.05) is 13.8 Å². The zero-order valence-corrected chi connectivity index (χ0v) is 10.7. The van der Waals surface area contributed by atoms with Crippen molar-refractivity contribution in [2.24, 2.45) is 5.92 Å². The zero-order valence-electron chi connectivity index (χ0n) is 10.7. The van der Waals surface area contributed by atoms with E-state index in [2.05, 4.69) is 4.98 Å². The maximum atomic E-state index is 11.7. The number of hydrogen-bond acceptors (Lipinski definition) is 4. The van der Waals surface area contributed by atoms with Gasteiger partial charge in [-0.1, -0.05) is 13.8 Å². The van der Waals surface area contributed by atoms with Crippen LogP contribution in [0.2, 0.25) is 0 Å². The van der Waals surface area contributed by atoms with E-state index in [1.54, 1.807) is 6.92 Å². The Morgan fingerprint density at radius 1 is 1.56 bits per heavy atom. The minimum absolute atomic E-state index is 0.0914. The lowest BCUT2D eigenvalue weighted by atomic mass is 9.87. The first-order valence-corrected chi connectivity index (χ1v) is 6.07. The van der Waals surface area contributed by atoms with Crippen LogP contribution < -0.4 is 11.2 Å². The SMILES string of the molecule is CC[C@H]1O[C@@H](n2ccc(=O)[nH]c2=O)[C@@](C)(O)[C@@H]1C. The molecule has 0 saturated carbocycles. The van der Waals surface area contributed by atoms with Crippen LogP contribution in [0.4, 0.5) is 0 Å². The Hall–Kier alpha value is -1.40. The highest BCUT2D eigenvalue weighted by Crippen LogP contribution is 2.42. The average Bonchev–Trinajstić information content (AvgIpc) is 2.52. The van der Waals surface area contributed by atoms with Gasteiger partial charge < -0.3 is 9.84 Å². The van der Waals surface area contributed by atoms with E-state index in [0.29, 0.717) is 0 Å². The summed E-state index contributed by atoms with van der Waals surface area (Å²) in [6.45, 7) is 5.51. The van der Waals surface area contributed by atoms with E-state index in [0.717, 1.165) is 6.42 Å². The first-order chi connectivity index (χ1) is 8.37. The Balaban J connectivity index is 2.45. The van der Waals surface area contributed by atoms with E-state index >= 15 is 0 Å². The summed E-state index contributed by atoms with van der Waals surface area (Å²) in [5.74, 6) is -0.0914. The van der Waals surface area contributed by atoms with Crippen LogP contribution in [0, 0.1) is 5.92 Å². The molecule has 100 valence electrons. The third-order valence-corrected chi connectivity index (χ3v) is 3.79. The molecule has 0 unspecified atom stereocenters. The predicted molar refractivity (Wildman–Crippen MR) is 65.3 cm³/mol. The first kappa shape index (κ1) is 13.0. The van der Waals surface area contributed by atoms with E-state index in [1.165, 1.54) is 16.8 Å². The number of aromatic nitrogens is 2. The molecule has 1 aromatic rings. The van der Waals surface area contributed by atoms with Gasteiger partial charge in [0.05, 0.1) is 6.10 Å². The molecular weight excluding hydrogens is 236 g/mol. The van der Waals surface area contributed by atoms with Crippen molar-refractivity contribution < 1.29 is 9.84 Å². The van der Waals surface area contributed by atoms with Crippen LogP contribution in [-0.2, 0) is 4.74 Å². The molecule has 1 aliphatic rings. The molecule has 6 nitrogen and oxygen atoms in total. The van der Waals surface area contributed by atoms with Gasteiger partial charge in [0.15, 0.2) is 6.23 Å². The normalized spacial score (nSPS) is 35.9. The van der Waals surface area contributed by atoms with E-state index in [9.17, 15) is 14.7 Å². The van der Waals surface area contributed by atoms with Crippen LogP contribution in [0.25, 0.3) is 0 Å². The minimum Gasteiger partial charge on any atom is -0.385 e. The molecule has 1 aliphatic heterocycles. The summed E-state index contributed by atoms with van der Waals surface area (Å²) >= 11 is 0. The Morgan fingerprint density at radius 3 is 2.72 bits per heavy atom. The Bertz CT molecular complexity index is 545. The monoisotopic (exact) mass is 254 g/mol. The Labute approximate surface area is 104 Å². The molecule has 2 heterocycles. The standard InChI is InChI=1S/C12H18N2O4/c1-4-8-7(2)12(3,17)10(18-8)14-6-5-9(15)13-11(14)16/h5-8,10,17H,4H2,1-3H3,(H,13,15,16)/t7-,8-,10-,12+/m1/s1. The summed E-state index contributed by atoms with van der Waals surface area (Å²) in [5.41, 5.74) is -2.19. The molecule has 1 saturated heterocycles. The third-order valence-electron chi connectivity index (χ3n) is 3.79. The van der Waals surface area contributed by atoms with Gasteiger partial charge >= 0.3 is 5.69 Å². The summed E-state index contributed by atoms with van der Waals surface area (Å²) in [4.78, 5) is 24.9. The van der Waals surface area contributed by atoms with Crippen molar-refractivity contribution in [3.05, 3.63) is 33.1 Å². The fraction of sp³-hybridized carbons (Fsp3) is 0.667. The predicted octanol–water partition coefficient (Wildman–Crippen LogP) is 0.231. The fourth-order valence-electron chi connectivity index (χ4n) is 2.43. The van der Waals surface area contributed by atoms with Gasteiger partial charge in [0.25, 0.3) is 5.56 Å². The van der Waals surface area contributed by atoms with Crippen molar-refractivity contribution >= 4 is 0 Å².